The summed E-state index contributed by atoms with van der Waals surface area (Å²) in [6, 6.07) is 16.5. The number of aryl methyl sites for hydroxylation is 1. The molecule has 1 aliphatic rings. The Bertz CT molecular complexity index is 889. The summed E-state index contributed by atoms with van der Waals surface area (Å²) < 4.78 is 0. The van der Waals surface area contributed by atoms with Gasteiger partial charge in [-0.2, -0.15) is 0 Å². The van der Waals surface area contributed by atoms with Gasteiger partial charge in [0.25, 0.3) is 0 Å². The number of nitrogens with one attached hydrogen (secondary N) is 2. The van der Waals surface area contributed by atoms with Gasteiger partial charge in [-0.25, -0.2) is 4.98 Å². The number of H-pyrrole nitrogens is 1. The number of aromatic nitrogens is 2. The van der Waals surface area contributed by atoms with E-state index < -0.39 is 0 Å². The Morgan fingerprint density at radius 3 is 2.70 bits per heavy atom. The maximum absolute atomic E-state index is 12.5. The average Bonchev–Trinajstić information content (AvgIpc) is 3.09. The van der Waals surface area contributed by atoms with E-state index in [1.165, 1.54) is 11.1 Å². The first-order valence-electron chi connectivity index (χ1n) is 9.94. The van der Waals surface area contributed by atoms with Crippen LogP contribution >= 0.6 is 0 Å². The third-order valence-electron chi connectivity index (χ3n) is 5.69. The summed E-state index contributed by atoms with van der Waals surface area (Å²) in [5, 5.41) is 3.12. The van der Waals surface area contributed by atoms with Crippen molar-refractivity contribution in [3.05, 3.63) is 65.5 Å². The minimum absolute atomic E-state index is 0.154. The highest BCUT2D eigenvalue weighted by molar-refractivity contribution is 5.78. The molecule has 3 aromatic rings. The molecule has 1 aromatic heterocycles. The topological polar surface area (TPSA) is 57.8 Å². The molecule has 1 heterocycles. The first kappa shape index (κ1) is 17.8. The molecule has 4 rings (SSSR count). The number of para-hydroxylation sites is 2. The Labute approximate surface area is 160 Å². The second-order valence-corrected chi connectivity index (χ2v) is 7.83. The molecule has 4 nitrogen and oxygen atoms in total. The van der Waals surface area contributed by atoms with E-state index >= 15 is 0 Å². The molecule has 1 aliphatic carbocycles. The highest BCUT2D eigenvalue weighted by atomic mass is 16.1. The van der Waals surface area contributed by atoms with Crippen LogP contribution in [0.2, 0.25) is 0 Å². The third-order valence-corrected chi connectivity index (χ3v) is 5.69. The van der Waals surface area contributed by atoms with Crippen LogP contribution in [0.5, 0.6) is 0 Å². The van der Waals surface area contributed by atoms with Crippen molar-refractivity contribution in [1.82, 2.24) is 15.3 Å². The number of nitrogens with zero attached hydrogens (tertiary/aromatic N) is 1. The van der Waals surface area contributed by atoms with E-state index in [4.69, 9.17) is 4.98 Å². The maximum Gasteiger partial charge on any atom is 0.223 e. The summed E-state index contributed by atoms with van der Waals surface area (Å²) in [6.45, 7) is 2.70. The van der Waals surface area contributed by atoms with Crippen molar-refractivity contribution in [2.75, 3.05) is 0 Å². The summed E-state index contributed by atoms with van der Waals surface area (Å²) in [5.74, 6) is 2.05. The number of benzene rings is 2. The molecule has 0 bridgehead atoms. The van der Waals surface area contributed by atoms with Crippen LogP contribution in [0.3, 0.4) is 0 Å². The molecule has 0 spiro atoms. The van der Waals surface area contributed by atoms with Crippen LogP contribution in [-0.2, 0) is 17.8 Å². The fourth-order valence-electron chi connectivity index (χ4n) is 4.16. The first-order chi connectivity index (χ1) is 13.2. The van der Waals surface area contributed by atoms with Crippen LogP contribution in [0, 0.1) is 18.8 Å². The van der Waals surface area contributed by atoms with Gasteiger partial charge in [0.15, 0.2) is 0 Å². The van der Waals surface area contributed by atoms with Crippen molar-refractivity contribution < 1.29 is 4.79 Å². The van der Waals surface area contributed by atoms with Crippen molar-refractivity contribution in [3.63, 3.8) is 0 Å². The van der Waals surface area contributed by atoms with Gasteiger partial charge in [0.05, 0.1) is 11.0 Å². The number of amides is 1. The van der Waals surface area contributed by atoms with Gasteiger partial charge in [-0.1, -0.05) is 42.0 Å². The molecule has 0 atom stereocenters. The molecule has 140 valence electrons. The van der Waals surface area contributed by atoms with Crippen LogP contribution < -0.4 is 5.32 Å². The number of carbonyl (C=O) groups excluding carboxylic acids is 1. The van der Waals surface area contributed by atoms with Crippen LogP contribution in [0.15, 0.2) is 48.5 Å². The average molecular weight is 361 g/mol. The summed E-state index contributed by atoms with van der Waals surface area (Å²) >= 11 is 0. The largest absolute Gasteiger partial charge is 0.352 e. The van der Waals surface area contributed by atoms with Gasteiger partial charge < -0.3 is 10.3 Å². The van der Waals surface area contributed by atoms with Gasteiger partial charge >= 0.3 is 0 Å². The third kappa shape index (κ3) is 4.38. The van der Waals surface area contributed by atoms with Crippen molar-refractivity contribution in [2.24, 2.45) is 11.8 Å². The van der Waals surface area contributed by atoms with Crippen molar-refractivity contribution in [2.45, 2.75) is 45.6 Å². The smallest absolute Gasteiger partial charge is 0.223 e. The molecule has 2 N–H and O–H groups in total. The molecule has 1 fully saturated rings. The zero-order chi connectivity index (χ0) is 18.6. The molecule has 0 saturated heterocycles. The molecular formula is C23H27N3O. The lowest BCUT2D eigenvalue weighted by Crippen LogP contribution is -2.33. The molecule has 0 aliphatic heterocycles. The second-order valence-electron chi connectivity index (χ2n) is 7.83. The lowest BCUT2D eigenvalue weighted by Gasteiger charge is -2.27. The quantitative estimate of drug-likeness (QED) is 0.701. The standard InChI is InChI=1S/C23H27N3O/c1-16-5-4-6-18(13-16)15-24-23(27)19-11-9-17(10-12-19)14-22-25-20-7-2-3-8-21(20)26-22/h2-8,13,17,19H,9-12,14-15H2,1H3,(H,24,27)(H,25,26)/t17-,19-. The monoisotopic (exact) mass is 361 g/mol. The number of hydrogen-bond acceptors (Lipinski definition) is 2. The second kappa shape index (κ2) is 7.95. The van der Waals surface area contributed by atoms with Gasteiger partial charge in [0.1, 0.15) is 5.82 Å². The van der Waals surface area contributed by atoms with Gasteiger partial charge in [-0.05, 0) is 56.2 Å². The van der Waals surface area contributed by atoms with Gasteiger partial charge in [0, 0.05) is 18.9 Å². The SMILES string of the molecule is Cc1cccc(CNC(=O)[C@H]2CC[C@H](Cc3nc4ccccc4[nH]3)CC2)c1. The van der Waals surface area contributed by atoms with Crippen LogP contribution in [0.4, 0.5) is 0 Å². The number of imidazole rings is 1. The Balaban J connectivity index is 1.26. The predicted octanol–water partition coefficient (Wildman–Crippen LogP) is 4.54. The van der Waals surface area contributed by atoms with Gasteiger partial charge in [-0.15, -0.1) is 0 Å². The molecular weight excluding hydrogens is 334 g/mol. The van der Waals surface area contributed by atoms with E-state index in [0.29, 0.717) is 12.5 Å². The summed E-state index contributed by atoms with van der Waals surface area (Å²) in [4.78, 5) is 20.6. The van der Waals surface area contributed by atoms with Gasteiger partial charge in [-0.3, -0.25) is 4.79 Å². The fourth-order valence-corrected chi connectivity index (χ4v) is 4.16. The van der Waals surface area contributed by atoms with Crippen LogP contribution in [0.1, 0.15) is 42.6 Å². The first-order valence-corrected chi connectivity index (χ1v) is 9.94. The number of aromatic amines is 1. The summed E-state index contributed by atoms with van der Waals surface area (Å²) in [7, 11) is 0. The van der Waals surface area contributed by atoms with Crippen molar-refractivity contribution in [3.8, 4) is 0 Å². The molecule has 4 heteroatoms. The van der Waals surface area contributed by atoms with Crippen molar-refractivity contribution >= 4 is 16.9 Å². The molecule has 1 amide bonds. The molecule has 0 radical (unpaired) electrons. The molecule has 1 saturated carbocycles. The van der Waals surface area contributed by atoms with E-state index in [2.05, 4.69) is 41.5 Å². The number of fused-ring (bicyclic) bond motifs is 1. The molecule has 27 heavy (non-hydrogen) atoms. The van der Waals surface area contributed by atoms with E-state index in [-0.39, 0.29) is 11.8 Å². The number of carbonyl (C=O) groups is 1. The maximum atomic E-state index is 12.5. The summed E-state index contributed by atoms with van der Waals surface area (Å²) in [5.41, 5.74) is 4.54. The van der Waals surface area contributed by atoms with Crippen LogP contribution in [0.25, 0.3) is 11.0 Å². The van der Waals surface area contributed by atoms with Crippen molar-refractivity contribution in [1.29, 1.82) is 0 Å². The van der Waals surface area contributed by atoms with Crippen LogP contribution in [-0.4, -0.2) is 15.9 Å². The Hall–Kier alpha value is -2.62. The Morgan fingerprint density at radius 1 is 1.11 bits per heavy atom. The molecule has 0 unspecified atom stereocenters. The highest BCUT2D eigenvalue weighted by Crippen LogP contribution is 2.31. The zero-order valence-electron chi connectivity index (χ0n) is 15.9. The normalized spacial score (nSPS) is 19.9. The predicted molar refractivity (Wildman–Crippen MR) is 108 cm³/mol. The Morgan fingerprint density at radius 2 is 1.93 bits per heavy atom. The number of hydrogen-bond donors (Lipinski definition) is 2. The Kier molecular flexibility index (Phi) is 5.23. The minimum Gasteiger partial charge on any atom is -0.352 e. The lowest BCUT2D eigenvalue weighted by molar-refractivity contribution is -0.126. The van der Waals surface area contributed by atoms with E-state index in [1.807, 2.05) is 24.3 Å². The number of rotatable bonds is 5. The lowest BCUT2D eigenvalue weighted by atomic mass is 9.80. The minimum atomic E-state index is 0.154. The van der Waals surface area contributed by atoms with Gasteiger partial charge in [0.2, 0.25) is 5.91 Å². The fraction of sp³-hybridized carbons (Fsp3) is 0.391. The molecule has 2 aromatic carbocycles. The highest BCUT2D eigenvalue weighted by Gasteiger charge is 2.26. The zero-order valence-corrected chi connectivity index (χ0v) is 15.9. The summed E-state index contributed by atoms with van der Waals surface area (Å²) in [6.07, 6.45) is 5.13. The van der Waals surface area contributed by atoms with E-state index in [1.54, 1.807) is 0 Å². The van der Waals surface area contributed by atoms with E-state index in [9.17, 15) is 4.79 Å². The van der Waals surface area contributed by atoms with E-state index in [0.717, 1.165) is 49.0 Å².